The molecule has 0 unspecified atom stereocenters. The molecule has 220 valence electrons. The Bertz CT molecular complexity index is 855. The highest BCUT2D eigenvalue weighted by molar-refractivity contribution is 7.50. The van der Waals surface area contributed by atoms with Gasteiger partial charge in [0.2, 0.25) is 0 Å². The molecule has 4 aliphatic rings. The number of rotatable bonds is 10. The van der Waals surface area contributed by atoms with Crippen LogP contribution in [0, 0.1) is 28.6 Å². The Morgan fingerprint density at radius 2 is 1.11 bits per heavy atom. The second-order valence-electron chi connectivity index (χ2n) is 17.4. The van der Waals surface area contributed by atoms with Crippen molar-refractivity contribution in [1.82, 2.24) is 0 Å². The van der Waals surface area contributed by atoms with E-state index in [1.807, 2.05) is 0 Å². The first-order valence-electron chi connectivity index (χ1n) is 15.8. The molecule has 4 bridgehead atoms. The van der Waals surface area contributed by atoms with E-state index in [0.29, 0.717) is 16.6 Å². The molecule has 2 nitrogen and oxygen atoms in total. The van der Waals surface area contributed by atoms with E-state index in [-0.39, 0.29) is 10.8 Å². The summed E-state index contributed by atoms with van der Waals surface area (Å²) in [5.74, 6) is 4.26. The molecule has 6 heteroatoms. The zero-order valence-electron chi connectivity index (χ0n) is 28.0. The van der Waals surface area contributed by atoms with Gasteiger partial charge >= 0.3 is 0 Å². The predicted octanol–water partition coefficient (Wildman–Crippen LogP) is 11.5. The van der Waals surface area contributed by atoms with E-state index in [9.17, 15) is 0 Å². The maximum atomic E-state index is 8.03. The van der Waals surface area contributed by atoms with Gasteiger partial charge in [0.15, 0.2) is 8.32 Å². The summed E-state index contributed by atoms with van der Waals surface area (Å²) in [6.45, 7) is 36.7. The molecule has 4 rings (SSSR count). The van der Waals surface area contributed by atoms with Crippen LogP contribution in [0.25, 0.3) is 0 Å². The standard InChI is InChI=1S/C32H63O2PSi3/c1-22(2)38(23(3)4,24(5)6)33-28(32-19-25-16-26(20-32)18-27(17-25)21-32)29(36(10,11)12)35-30(31(7,8)9)34-37(13,14)15/h22-27H,16-21H2,1-15H3/b29-28+. The smallest absolute Gasteiger partial charge is 0.258 e. The molecule has 0 radical (unpaired) electrons. The summed E-state index contributed by atoms with van der Waals surface area (Å²) < 4.78 is 15.0. The third kappa shape index (κ3) is 6.85. The summed E-state index contributed by atoms with van der Waals surface area (Å²) in [6, 6.07) is 0. The molecular formula is C32H63O2PSi3. The molecule has 0 saturated heterocycles. The fourth-order valence-corrected chi connectivity index (χ4v) is 19.6. The van der Waals surface area contributed by atoms with Crippen LogP contribution in [-0.2, 0) is 8.85 Å². The van der Waals surface area contributed by atoms with Gasteiger partial charge in [-0.1, -0.05) is 82.0 Å². The van der Waals surface area contributed by atoms with Gasteiger partial charge in [-0.25, -0.2) is 0 Å². The Kier molecular flexibility index (Phi) is 9.67. The van der Waals surface area contributed by atoms with Gasteiger partial charge in [0.05, 0.1) is 19.3 Å². The van der Waals surface area contributed by atoms with Crippen molar-refractivity contribution >= 4 is 38.4 Å². The second-order valence-corrected chi connectivity index (χ2v) is 33.7. The van der Waals surface area contributed by atoms with Gasteiger partial charge in [0.1, 0.15) is 0 Å². The summed E-state index contributed by atoms with van der Waals surface area (Å²) >= 11 is 0. The van der Waals surface area contributed by atoms with Crippen molar-refractivity contribution in [2.75, 3.05) is 0 Å². The van der Waals surface area contributed by atoms with Gasteiger partial charge < -0.3 is 8.85 Å². The lowest BCUT2D eigenvalue weighted by atomic mass is 9.49. The van der Waals surface area contributed by atoms with Crippen molar-refractivity contribution in [3.63, 3.8) is 0 Å². The van der Waals surface area contributed by atoms with Gasteiger partial charge in [-0.05, 0) is 101 Å². The van der Waals surface area contributed by atoms with E-state index in [0.717, 1.165) is 17.8 Å². The molecule has 0 N–H and O–H groups in total. The Morgan fingerprint density at radius 1 is 0.711 bits per heavy atom. The molecule has 0 atom stereocenters. The normalized spacial score (nSPS) is 29.5. The van der Waals surface area contributed by atoms with Crippen molar-refractivity contribution in [1.29, 1.82) is 0 Å². The van der Waals surface area contributed by atoms with Gasteiger partial charge in [0, 0.05) is 15.8 Å². The average Bonchev–Trinajstić information content (AvgIpc) is 2.68. The van der Waals surface area contributed by atoms with Crippen LogP contribution < -0.4 is 0 Å². The van der Waals surface area contributed by atoms with Gasteiger partial charge in [-0.15, -0.1) is 0 Å². The summed E-state index contributed by atoms with van der Waals surface area (Å²) in [6.07, 6.45) is 8.55. The lowest BCUT2D eigenvalue weighted by Crippen LogP contribution is -2.53. The molecule has 0 aliphatic heterocycles. The first kappa shape index (κ1) is 32.8. The van der Waals surface area contributed by atoms with Crippen LogP contribution in [0.4, 0.5) is 0 Å². The van der Waals surface area contributed by atoms with Crippen LogP contribution >= 0.6 is 8.20 Å². The molecule has 0 aromatic heterocycles. The van der Waals surface area contributed by atoms with Crippen LogP contribution in [0.1, 0.15) is 101 Å². The minimum Gasteiger partial charge on any atom is -0.545 e. The lowest BCUT2D eigenvalue weighted by Gasteiger charge is -2.59. The topological polar surface area (TPSA) is 18.5 Å². The van der Waals surface area contributed by atoms with E-state index in [2.05, 4.69) is 102 Å². The molecule has 0 spiro atoms. The number of hydrogen-bond donors (Lipinski definition) is 0. The van der Waals surface area contributed by atoms with Crippen LogP contribution in [0.3, 0.4) is 0 Å². The van der Waals surface area contributed by atoms with Crippen molar-refractivity contribution in [2.24, 2.45) is 28.6 Å². The molecule has 0 heterocycles. The van der Waals surface area contributed by atoms with Crippen LogP contribution in [0.15, 0.2) is 10.7 Å². The zero-order valence-corrected chi connectivity index (χ0v) is 31.9. The predicted molar refractivity (Wildman–Crippen MR) is 179 cm³/mol. The van der Waals surface area contributed by atoms with Gasteiger partial charge in [-0.3, -0.25) is 0 Å². The molecule has 0 amide bonds. The number of allylic oxidation sites excluding steroid dienone is 1. The third-order valence-electron chi connectivity index (χ3n) is 9.69. The molecule has 38 heavy (non-hydrogen) atoms. The lowest BCUT2D eigenvalue weighted by molar-refractivity contribution is -0.0493. The van der Waals surface area contributed by atoms with Crippen LogP contribution in [-0.4, -0.2) is 30.2 Å². The minimum absolute atomic E-state index is 0.0159. The maximum Gasteiger partial charge on any atom is 0.258 e. The molecule has 4 saturated carbocycles. The summed E-state index contributed by atoms with van der Waals surface area (Å²) in [5.41, 5.74) is 3.34. The second kappa shape index (κ2) is 11.2. The fourth-order valence-electron chi connectivity index (χ4n) is 8.62. The largest absolute Gasteiger partial charge is 0.545 e. The quantitative estimate of drug-likeness (QED) is 0.142. The first-order chi connectivity index (χ1) is 17.1. The van der Waals surface area contributed by atoms with E-state index in [1.54, 1.807) is 4.94 Å². The van der Waals surface area contributed by atoms with Gasteiger partial charge in [-0.2, -0.15) is 0 Å². The van der Waals surface area contributed by atoms with Crippen molar-refractivity contribution in [2.45, 2.75) is 157 Å². The Hall–Kier alpha value is 0.321. The monoisotopic (exact) mass is 594 g/mol. The highest BCUT2D eigenvalue weighted by Gasteiger charge is 2.57. The first-order valence-corrected chi connectivity index (χ1v) is 25.8. The summed E-state index contributed by atoms with van der Waals surface area (Å²) in [7, 11) is -4.26. The van der Waals surface area contributed by atoms with Crippen molar-refractivity contribution in [3.8, 4) is 0 Å². The van der Waals surface area contributed by atoms with E-state index < -0.39 is 24.7 Å². The third-order valence-corrected chi connectivity index (χ3v) is 22.0. The molecular weight excluding hydrogens is 532 g/mol. The average molecular weight is 595 g/mol. The Balaban J connectivity index is 2.38. The SMILES string of the molecule is CC(C)[Si](O/C(=C(\P=C(O[Si](C)(C)C)C(C)(C)C)[Si](C)(C)C)C12CC3CC(CC(C3)C1)C2)(C(C)C)C(C)C. The van der Waals surface area contributed by atoms with E-state index >= 15 is 0 Å². The van der Waals surface area contributed by atoms with E-state index in [1.165, 1.54) is 58.0 Å². The Morgan fingerprint density at radius 3 is 1.39 bits per heavy atom. The zero-order chi connectivity index (χ0) is 29.1. The van der Waals surface area contributed by atoms with Crippen LogP contribution in [0.5, 0.6) is 0 Å². The van der Waals surface area contributed by atoms with E-state index in [4.69, 9.17) is 8.85 Å². The van der Waals surface area contributed by atoms with Crippen LogP contribution in [0.2, 0.25) is 55.9 Å². The highest BCUT2D eigenvalue weighted by Crippen LogP contribution is 2.65. The summed E-state index contributed by atoms with van der Waals surface area (Å²) in [4.78, 5) is 1.67. The van der Waals surface area contributed by atoms with Crippen molar-refractivity contribution < 1.29 is 8.85 Å². The number of hydrogen-bond acceptors (Lipinski definition) is 2. The van der Waals surface area contributed by atoms with Gasteiger partial charge in [0.25, 0.3) is 8.32 Å². The highest BCUT2D eigenvalue weighted by atomic mass is 31.1. The summed E-state index contributed by atoms with van der Waals surface area (Å²) in [5, 5.41) is 0. The molecule has 0 aromatic carbocycles. The Labute approximate surface area is 242 Å². The maximum absolute atomic E-state index is 8.03. The molecule has 0 aromatic rings. The van der Waals surface area contributed by atoms with Crippen molar-refractivity contribution in [3.05, 3.63) is 10.7 Å². The minimum atomic E-state index is -2.11. The fraction of sp³-hybridized carbons (Fsp3) is 0.906. The molecule has 4 fully saturated rings. The molecule has 4 aliphatic carbocycles.